The third kappa shape index (κ3) is 6.84. The molecule has 0 atom stereocenters. The van der Waals surface area contributed by atoms with Gasteiger partial charge >= 0.3 is 0 Å². The molecule has 2 heterocycles. The highest BCUT2D eigenvalue weighted by Gasteiger charge is 2.21. The summed E-state index contributed by atoms with van der Waals surface area (Å²) in [5, 5.41) is 9.22. The number of aromatic nitrogens is 5. The highest BCUT2D eigenvalue weighted by Crippen LogP contribution is 2.39. The molecule has 0 saturated carbocycles. The van der Waals surface area contributed by atoms with E-state index in [1.807, 2.05) is 84.9 Å². The average Bonchev–Trinajstić information content (AvgIpc) is 3.72. The van der Waals surface area contributed by atoms with E-state index in [2.05, 4.69) is 132 Å². The van der Waals surface area contributed by atoms with Crippen molar-refractivity contribution in [2.24, 2.45) is 0 Å². The van der Waals surface area contributed by atoms with E-state index in [1.54, 1.807) is 0 Å². The molecule has 0 aliphatic heterocycles. The lowest BCUT2D eigenvalue weighted by Gasteiger charge is -2.17. The van der Waals surface area contributed by atoms with Gasteiger partial charge in [-0.25, -0.2) is 19.9 Å². The van der Waals surface area contributed by atoms with Gasteiger partial charge in [0.15, 0.2) is 17.5 Å². The standard InChI is InChI=1S/C53H34N6/c54-35-36-26-28-37(29-27-36)38-30-32-39(33-31-38)42-18-13-19-43(34-42)51-56-50(40-14-3-1-4-15-40)57-52(58-51)46-22-8-7-20-44(46)45-21-9-11-24-48(45)59-49-25-12-10-23-47(49)55-53(59)41-16-5-2-6-17-41/h1-34H. The van der Waals surface area contributed by atoms with Gasteiger partial charge in [-0.2, -0.15) is 5.26 Å². The molecule has 0 unspecified atom stereocenters. The van der Waals surface area contributed by atoms with Crippen LogP contribution >= 0.6 is 0 Å². The molecule has 2 aromatic heterocycles. The van der Waals surface area contributed by atoms with Gasteiger partial charge < -0.3 is 0 Å². The number of rotatable bonds is 8. The Bertz CT molecular complexity index is 3150. The van der Waals surface area contributed by atoms with Crippen LogP contribution in [0, 0.1) is 11.3 Å². The van der Waals surface area contributed by atoms with Gasteiger partial charge in [-0.05, 0) is 64.2 Å². The minimum absolute atomic E-state index is 0.579. The van der Waals surface area contributed by atoms with Crippen LogP contribution < -0.4 is 0 Å². The lowest BCUT2D eigenvalue weighted by atomic mass is 9.97. The zero-order valence-corrected chi connectivity index (χ0v) is 31.8. The van der Waals surface area contributed by atoms with Crippen LogP contribution in [0.25, 0.3) is 95.7 Å². The first kappa shape index (κ1) is 35.2. The quantitative estimate of drug-likeness (QED) is 0.154. The fourth-order valence-corrected chi connectivity index (χ4v) is 7.63. The minimum atomic E-state index is 0.579. The number of hydrogen-bond donors (Lipinski definition) is 0. The van der Waals surface area contributed by atoms with Crippen molar-refractivity contribution in [3.05, 3.63) is 212 Å². The van der Waals surface area contributed by atoms with Crippen molar-refractivity contribution in [1.82, 2.24) is 24.5 Å². The molecule has 0 amide bonds. The van der Waals surface area contributed by atoms with E-state index in [0.29, 0.717) is 23.0 Å². The Morgan fingerprint density at radius 1 is 0.356 bits per heavy atom. The van der Waals surface area contributed by atoms with Gasteiger partial charge in [0.05, 0.1) is 28.4 Å². The SMILES string of the molecule is N#Cc1ccc(-c2ccc(-c3cccc(-c4nc(-c5ccccc5)nc(-c5ccccc5-c5ccccc5-n5c(-c6ccccc6)nc6ccccc65)n4)c3)cc2)cc1. The molecule has 0 N–H and O–H groups in total. The Morgan fingerprint density at radius 3 is 1.58 bits per heavy atom. The van der Waals surface area contributed by atoms with Crippen molar-refractivity contribution in [3.63, 3.8) is 0 Å². The summed E-state index contributed by atoms with van der Waals surface area (Å²) >= 11 is 0. The Kier molecular flexibility index (Phi) is 9.14. The third-order valence-corrected chi connectivity index (χ3v) is 10.5. The lowest BCUT2D eigenvalue weighted by Crippen LogP contribution is -2.03. The topological polar surface area (TPSA) is 80.3 Å². The number of nitriles is 1. The number of para-hydroxylation sites is 3. The second-order valence-corrected chi connectivity index (χ2v) is 14.2. The van der Waals surface area contributed by atoms with Gasteiger partial charge in [0.2, 0.25) is 0 Å². The molecule has 6 nitrogen and oxygen atoms in total. The summed E-state index contributed by atoms with van der Waals surface area (Å²) < 4.78 is 2.26. The van der Waals surface area contributed by atoms with E-state index in [4.69, 9.17) is 19.9 Å². The largest absolute Gasteiger partial charge is 0.292 e. The molecule has 0 aliphatic rings. The second kappa shape index (κ2) is 15.3. The van der Waals surface area contributed by atoms with E-state index < -0.39 is 0 Å². The van der Waals surface area contributed by atoms with Crippen molar-refractivity contribution in [2.45, 2.75) is 0 Å². The van der Waals surface area contributed by atoms with Crippen molar-refractivity contribution in [1.29, 1.82) is 5.26 Å². The molecular weight excluding hydrogens is 721 g/mol. The molecular formula is C53H34N6. The molecule has 6 heteroatoms. The Balaban J connectivity index is 1.10. The van der Waals surface area contributed by atoms with Crippen molar-refractivity contribution >= 4 is 11.0 Å². The summed E-state index contributed by atoms with van der Waals surface area (Å²) in [5.41, 5.74) is 13.6. The van der Waals surface area contributed by atoms with Gasteiger partial charge in [0.1, 0.15) is 5.82 Å². The number of hydrogen-bond acceptors (Lipinski definition) is 5. The van der Waals surface area contributed by atoms with Crippen LogP contribution in [0.2, 0.25) is 0 Å². The fraction of sp³-hybridized carbons (Fsp3) is 0. The first-order valence-electron chi connectivity index (χ1n) is 19.5. The minimum Gasteiger partial charge on any atom is -0.292 e. The molecule has 0 saturated heterocycles. The Labute approximate surface area is 342 Å². The molecule has 0 bridgehead atoms. The first-order valence-corrected chi connectivity index (χ1v) is 19.5. The van der Waals surface area contributed by atoms with Crippen LogP contribution in [0.1, 0.15) is 5.56 Å². The molecule has 276 valence electrons. The van der Waals surface area contributed by atoms with Crippen LogP contribution in [-0.4, -0.2) is 24.5 Å². The van der Waals surface area contributed by atoms with Gasteiger partial charge in [0, 0.05) is 27.8 Å². The molecule has 0 fully saturated rings. The number of fused-ring (bicyclic) bond motifs is 1. The summed E-state index contributed by atoms with van der Waals surface area (Å²) in [6, 6.07) is 72.2. The number of benzene rings is 8. The maximum absolute atomic E-state index is 9.22. The maximum Gasteiger partial charge on any atom is 0.164 e. The van der Waals surface area contributed by atoms with E-state index in [9.17, 15) is 5.26 Å². The predicted molar refractivity (Wildman–Crippen MR) is 237 cm³/mol. The molecule has 10 rings (SSSR count). The molecule has 0 radical (unpaired) electrons. The van der Waals surface area contributed by atoms with Crippen LogP contribution in [0.4, 0.5) is 0 Å². The maximum atomic E-state index is 9.22. The zero-order valence-electron chi connectivity index (χ0n) is 31.8. The van der Waals surface area contributed by atoms with Gasteiger partial charge in [-0.3, -0.25) is 4.57 Å². The highest BCUT2D eigenvalue weighted by molar-refractivity contribution is 5.90. The number of nitrogens with zero attached hydrogens (tertiary/aromatic N) is 6. The summed E-state index contributed by atoms with van der Waals surface area (Å²) in [6.07, 6.45) is 0. The molecule has 10 aromatic rings. The first-order chi connectivity index (χ1) is 29.2. The zero-order chi connectivity index (χ0) is 39.5. The Morgan fingerprint density at radius 2 is 0.864 bits per heavy atom. The molecule has 0 spiro atoms. The smallest absolute Gasteiger partial charge is 0.164 e. The van der Waals surface area contributed by atoms with E-state index in [0.717, 1.165) is 78.2 Å². The normalized spacial score (nSPS) is 11.0. The van der Waals surface area contributed by atoms with E-state index >= 15 is 0 Å². The van der Waals surface area contributed by atoms with Crippen molar-refractivity contribution in [3.8, 4) is 90.7 Å². The molecule has 0 aliphatic carbocycles. The van der Waals surface area contributed by atoms with Crippen LogP contribution in [0.3, 0.4) is 0 Å². The van der Waals surface area contributed by atoms with Gasteiger partial charge in [-0.1, -0.05) is 170 Å². The van der Waals surface area contributed by atoms with Crippen LogP contribution in [-0.2, 0) is 0 Å². The van der Waals surface area contributed by atoms with E-state index in [1.165, 1.54) is 0 Å². The lowest BCUT2D eigenvalue weighted by molar-refractivity contribution is 1.07. The van der Waals surface area contributed by atoms with E-state index in [-0.39, 0.29) is 0 Å². The van der Waals surface area contributed by atoms with Crippen LogP contribution in [0.5, 0.6) is 0 Å². The van der Waals surface area contributed by atoms with Crippen molar-refractivity contribution in [2.75, 3.05) is 0 Å². The number of imidazole rings is 1. The summed E-state index contributed by atoms with van der Waals surface area (Å²) in [6.45, 7) is 0. The highest BCUT2D eigenvalue weighted by atomic mass is 15.1. The third-order valence-electron chi connectivity index (χ3n) is 10.5. The van der Waals surface area contributed by atoms with Crippen LogP contribution in [0.15, 0.2) is 206 Å². The fourth-order valence-electron chi connectivity index (χ4n) is 7.63. The Hall–Kier alpha value is -8.27. The monoisotopic (exact) mass is 754 g/mol. The predicted octanol–water partition coefficient (Wildman–Crippen LogP) is 12.8. The molecule has 59 heavy (non-hydrogen) atoms. The summed E-state index contributed by atoms with van der Waals surface area (Å²) in [5.74, 6) is 2.63. The summed E-state index contributed by atoms with van der Waals surface area (Å²) in [4.78, 5) is 20.6. The summed E-state index contributed by atoms with van der Waals surface area (Å²) in [7, 11) is 0. The van der Waals surface area contributed by atoms with Gasteiger partial charge in [-0.15, -0.1) is 0 Å². The van der Waals surface area contributed by atoms with Crippen molar-refractivity contribution < 1.29 is 0 Å². The average molecular weight is 755 g/mol. The van der Waals surface area contributed by atoms with Gasteiger partial charge in [0.25, 0.3) is 0 Å². The molecule has 8 aromatic carbocycles. The second-order valence-electron chi connectivity index (χ2n) is 14.2.